The molecule has 10 heavy (non-hydrogen) atoms. The van der Waals surface area contributed by atoms with Crippen LogP contribution in [0.25, 0.3) is 0 Å². The van der Waals surface area contributed by atoms with Crippen LogP contribution in [0.1, 0.15) is 6.42 Å². The molecule has 6 heteroatoms. The minimum Gasteiger partial charge on any atom is -0.376 e. The molecule has 0 aliphatic rings. The van der Waals surface area contributed by atoms with Gasteiger partial charge in [-0.2, -0.15) is 13.2 Å². The summed E-state index contributed by atoms with van der Waals surface area (Å²) in [5.41, 5.74) is 4.87. The van der Waals surface area contributed by atoms with Crippen molar-refractivity contribution < 1.29 is 13.2 Å². The van der Waals surface area contributed by atoms with E-state index in [1.807, 2.05) is 0 Å². The topological polar surface area (TPSA) is 38.0 Å². The van der Waals surface area contributed by atoms with Gasteiger partial charge < -0.3 is 11.1 Å². The zero-order valence-corrected chi connectivity index (χ0v) is 5.85. The van der Waals surface area contributed by atoms with Crippen molar-refractivity contribution in [3.63, 3.8) is 0 Å². The molecule has 0 bridgehead atoms. The predicted molar refractivity (Wildman–Crippen MR) is 35.5 cm³/mol. The van der Waals surface area contributed by atoms with E-state index in [0.29, 0.717) is 0 Å². The lowest BCUT2D eigenvalue weighted by Gasteiger charge is -2.06. The molecule has 0 radical (unpaired) electrons. The van der Waals surface area contributed by atoms with Crippen LogP contribution >= 0.6 is 12.2 Å². The minimum absolute atomic E-state index is 0.107. The van der Waals surface area contributed by atoms with Gasteiger partial charge in [-0.25, -0.2) is 0 Å². The zero-order valence-electron chi connectivity index (χ0n) is 5.03. The number of hydrogen-bond acceptors (Lipinski definition) is 1. The maximum atomic E-state index is 11.4. The third-order valence-electron chi connectivity index (χ3n) is 0.708. The zero-order chi connectivity index (χ0) is 8.20. The summed E-state index contributed by atoms with van der Waals surface area (Å²) in [6, 6.07) is 0. The van der Waals surface area contributed by atoms with E-state index in [-0.39, 0.29) is 11.7 Å². The van der Waals surface area contributed by atoms with Gasteiger partial charge in [-0.1, -0.05) is 0 Å². The Bertz CT molecular complexity index is 122. The fraction of sp³-hybridized carbons (Fsp3) is 0.750. The summed E-state index contributed by atoms with van der Waals surface area (Å²) in [5, 5.41) is 2.08. The molecule has 3 N–H and O–H groups in total. The third-order valence-corrected chi connectivity index (χ3v) is 0.852. The molecular weight excluding hydrogens is 165 g/mol. The maximum absolute atomic E-state index is 11.4. The van der Waals surface area contributed by atoms with E-state index in [1.54, 1.807) is 0 Å². The van der Waals surface area contributed by atoms with Crippen LogP contribution in [0.15, 0.2) is 0 Å². The molecule has 0 unspecified atom stereocenters. The predicted octanol–water partition coefficient (Wildman–Crippen LogP) is 0.772. The molecule has 0 saturated carbocycles. The maximum Gasteiger partial charge on any atom is 0.390 e. The molecule has 0 saturated heterocycles. The number of rotatable bonds is 2. The van der Waals surface area contributed by atoms with Crippen molar-refractivity contribution in [1.82, 2.24) is 5.32 Å². The molecule has 60 valence electrons. The lowest BCUT2D eigenvalue weighted by atomic mass is 10.4. The Morgan fingerprint density at radius 2 is 2.00 bits per heavy atom. The third kappa shape index (κ3) is 7.48. The number of thiocarbonyl (C=S) groups is 1. The minimum atomic E-state index is -4.14. The summed E-state index contributed by atoms with van der Waals surface area (Å²) in [6.07, 6.45) is -5.05. The van der Waals surface area contributed by atoms with Crippen LogP contribution in [0.3, 0.4) is 0 Å². The molecule has 0 atom stereocenters. The highest BCUT2D eigenvalue weighted by atomic mass is 32.1. The summed E-state index contributed by atoms with van der Waals surface area (Å²) < 4.78 is 34.1. The SMILES string of the molecule is NC(=S)NCCC(F)(F)F. The first-order valence-corrected chi connectivity index (χ1v) is 2.93. The second-order valence-electron chi connectivity index (χ2n) is 1.66. The normalized spacial score (nSPS) is 11.1. The van der Waals surface area contributed by atoms with Gasteiger partial charge in [0, 0.05) is 6.54 Å². The molecule has 0 aromatic carbocycles. The van der Waals surface area contributed by atoms with Gasteiger partial charge in [0.15, 0.2) is 5.11 Å². The van der Waals surface area contributed by atoms with Crippen molar-refractivity contribution in [3.05, 3.63) is 0 Å². The van der Waals surface area contributed by atoms with E-state index >= 15 is 0 Å². The first-order valence-electron chi connectivity index (χ1n) is 2.52. The molecule has 0 aliphatic carbocycles. The van der Waals surface area contributed by atoms with E-state index in [1.165, 1.54) is 0 Å². The van der Waals surface area contributed by atoms with Crippen molar-refractivity contribution in [1.29, 1.82) is 0 Å². The first kappa shape index (κ1) is 9.48. The Kier molecular flexibility index (Phi) is 3.41. The molecule has 0 aromatic rings. The summed E-state index contributed by atoms with van der Waals surface area (Å²) in [5.74, 6) is 0. The van der Waals surface area contributed by atoms with Gasteiger partial charge in [0.2, 0.25) is 0 Å². The molecule has 0 aliphatic heterocycles. The average Bonchev–Trinajstić information content (AvgIpc) is 1.59. The lowest BCUT2D eigenvalue weighted by molar-refractivity contribution is -0.132. The van der Waals surface area contributed by atoms with E-state index in [9.17, 15) is 13.2 Å². The Morgan fingerprint density at radius 3 is 2.30 bits per heavy atom. The monoisotopic (exact) mass is 172 g/mol. The number of nitrogens with two attached hydrogens (primary N) is 1. The van der Waals surface area contributed by atoms with Gasteiger partial charge in [0.1, 0.15) is 0 Å². The van der Waals surface area contributed by atoms with Gasteiger partial charge in [-0.05, 0) is 12.2 Å². The number of hydrogen-bond donors (Lipinski definition) is 2. The van der Waals surface area contributed by atoms with E-state index in [0.717, 1.165) is 0 Å². The van der Waals surface area contributed by atoms with Crippen molar-refractivity contribution in [2.45, 2.75) is 12.6 Å². The van der Waals surface area contributed by atoms with Crippen molar-refractivity contribution >= 4 is 17.3 Å². The van der Waals surface area contributed by atoms with Crippen LogP contribution in [0, 0.1) is 0 Å². The highest BCUT2D eigenvalue weighted by Gasteiger charge is 2.25. The molecule has 0 aromatic heterocycles. The highest BCUT2D eigenvalue weighted by Crippen LogP contribution is 2.17. The van der Waals surface area contributed by atoms with E-state index in [4.69, 9.17) is 5.73 Å². The van der Waals surface area contributed by atoms with Crippen LogP contribution in [0.2, 0.25) is 0 Å². The fourth-order valence-corrected chi connectivity index (χ4v) is 0.429. The molecule has 0 rings (SSSR count). The van der Waals surface area contributed by atoms with Gasteiger partial charge in [-0.3, -0.25) is 0 Å². The molecule has 0 spiro atoms. The summed E-state index contributed by atoms with van der Waals surface area (Å²) in [6.45, 7) is -0.251. The second-order valence-corrected chi connectivity index (χ2v) is 2.10. The van der Waals surface area contributed by atoms with E-state index in [2.05, 4.69) is 17.5 Å². The quantitative estimate of drug-likeness (QED) is 0.604. The Labute approximate surface area is 61.6 Å². The molecule has 0 heterocycles. The van der Waals surface area contributed by atoms with Crippen LogP contribution in [0.4, 0.5) is 13.2 Å². The van der Waals surface area contributed by atoms with Crippen LogP contribution in [0.5, 0.6) is 0 Å². The lowest BCUT2D eigenvalue weighted by Crippen LogP contribution is -2.32. The summed E-state index contributed by atoms with van der Waals surface area (Å²) in [4.78, 5) is 0. The Balaban J connectivity index is 3.29. The van der Waals surface area contributed by atoms with Gasteiger partial charge in [0.05, 0.1) is 6.42 Å². The molecule has 2 nitrogen and oxygen atoms in total. The number of halogens is 3. The smallest absolute Gasteiger partial charge is 0.376 e. The Morgan fingerprint density at radius 1 is 1.50 bits per heavy atom. The van der Waals surface area contributed by atoms with Crippen molar-refractivity contribution in [2.24, 2.45) is 5.73 Å². The second kappa shape index (κ2) is 3.60. The highest BCUT2D eigenvalue weighted by molar-refractivity contribution is 7.80. The number of alkyl halides is 3. The first-order chi connectivity index (χ1) is 4.42. The molecular formula is C4H7F3N2S. The summed E-state index contributed by atoms with van der Waals surface area (Å²) >= 11 is 4.28. The standard InChI is InChI=1S/C4H7F3N2S/c5-4(6,7)1-2-9-3(8)10/h1-2H2,(H3,8,9,10). The van der Waals surface area contributed by atoms with Crippen molar-refractivity contribution in [2.75, 3.05) is 6.54 Å². The fourth-order valence-electron chi connectivity index (χ4n) is 0.327. The van der Waals surface area contributed by atoms with Crippen LogP contribution in [-0.4, -0.2) is 17.8 Å². The largest absolute Gasteiger partial charge is 0.390 e. The average molecular weight is 172 g/mol. The Hall–Kier alpha value is -0.520. The van der Waals surface area contributed by atoms with Gasteiger partial charge >= 0.3 is 6.18 Å². The molecule has 0 fully saturated rings. The van der Waals surface area contributed by atoms with Crippen molar-refractivity contribution in [3.8, 4) is 0 Å². The molecule has 0 amide bonds. The number of nitrogens with one attached hydrogen (secondary N) is 1. The summed E-state index contributed by atoms with van der Waals surface area (Å²) in [7, 11) is 0. The van der Waals surface area contributed by atoms with Gasteiger partial charge in [-0.15, -0.1) is 0 Å². The van der Waals surface area contributed by atoms with Crippen LogP contribution < -0.4 is 11.1 Å². The van der Waals surface area contributed by atoms with E-state index < -0.39 is 12.6 Å². The van der Waals surface area contributed by atoms with Crippen LogP contribution in [-0.2, 0) is 0 Å². The van der Waals surface area contributed by atoms with Gasteiger partial charge in [0.25, 0.3) is 0 Å².